The van der Waals surface area contributed by atoms with Gasteiger partial charge in [0, 0.05) is 34.9 Å². The molecule has 5 aromatic carbocycles. The molecule has 3 heteroatoms. The van der Waals surface area contributed by atoms with Gasteiger partial charge in [-0.2, -0.15) is 0 Å². The van der Waals surface area contributed by atoms with Gasteiger partial charge in [-0.25, -0.2) is 0 Å². The number of nitrogens with one attached hydrogen (secondary N) is 2. The molecule has 0 spiro atoms. The summed E-state index contributed by atoms with van der Waals surface area (Å²) < 4.78 is 5.89. The molecule has 0 heterocycles. The summed E-state index contributed by atoms with van der Waals surface area (Å²) in [5.74, 6) is 0.950. The molecule has 220 valence electrons. The highest BCUT2D eigenvalue weighted by molar-refractivity contribution is 5.59. The van der Waals surface area contributed by atoms with Gasteiger partial charge in [0.25, 0.3) is 0 Å². The van der Waals surface area contributed by atoms with Gasteiger partial charge in [-0.15, -0.1) is 0 Å². The first-order valence-corrected chi connectivity index (χ1v) is 15.4. The lowest BCUT2D eigenvalue weighted by Gasteiger charge is -2.26. The van der Waals surface area contributed by atoms with E-state index in [0.717, 1.165) is 30.0 Å². The topological polar surface area (TPSA) is 33.3 Å². The van der Waals surface area contributed by atoms with Crippen LogP contribution >= 0.6 is 0 Å². The standard InChI is InChI=1S/C40H44N2O/c1-28-24-34(41-30(3)26-32-14-8-6-9-15-32)20-22-36(28)40(38-18-12-13-19-39(38)43-5)37-23-21-35(25-29(37)2)42-31(4)27-33-16-10-7-11-17-33/h6-25,30-31,40-42H,26-27H2,1-5H3. The van der Waals surface area contributed by atoms with Crippen LogP contribution in [0, 0.1) is 13.8 Å². The van der Waals surface area contributed by atoms with Crippen LogP contribution in [0.3, 0.4) is 0 Å². The zero-order valence-corrected chi connectivity index (χ0v) is 26.1. The molecule has 0 aliphatic carbocycles. The molecule has 5 rings (SSSR count). The van der Waals surface area contributed by atoms with E-state index in [1.54, 1.807) is 7.11 Å². The Morgan fingerprint density at radius 1 is 0.535 bits per heavy atom. The SMILES string of the molecule is COc1ccccc1C(c1ccc(NC(C)Cc2ccccc2)cc1C)c1ccc(NC(C)Cc2ccccc2)cc1C. The van der Waals surface area contributed by atoms with Gasteiger partial charge in [0.1, 0.15) is 5.75 Å². The highest BCUT2D eigenvalue weighted by Crippen LogP contribution is 2.41. The predicted molar refractivity (Wildman–Crippen MR) is 183 cm³/mol. The van der Waals surface area contributed by atoms with Crippen LogP contribution in [-0.2, 0) is 12.8 Å². The van der Waals surface area contributed by atoms with Crippen LogP contribution in [0.4, 0.5) is 11.4 Å². The number of rotatable bonds is 12. The number of anilines is 2. The summed E-state index contributed by atoms with van der Waals surface area (Å²) >= 11 is 0. The average Bonchev–Trinajstić information content (AvgIpc) is 3.00. The Kier molecular flexibility index (Phi) is 9.84. The van der Waals surface area contributed by atoms with Gasteiger partial charge >= 0.3 is 0 Å². The third kappa shape index (κ3) is 7.67. The van der Waals surface area contributed by atoms with E-state index >= 15 is 0 Å². The summed E-state index contributed by atoms with van der Waals surface area (Å²) in [5.41, 5.74) is 11.2. The van der Waals surface area contributed by atoms with Crippen LogP contribution in [0.1, 0.15) is 58.7 Å². The van der Waals surface area contributed by atoms with Crippen LogP contribution in [0.15, 0.2) is 121 Å². The van der Waals surface area contributed by atoms with E-state index in [9.17, 15) is 0 Å². The number of hydrogen-bond acceptors (Lipinski definition) is 3. The minimum absolute atomic E-state index is 0.0442. The van der Waals surface area contributed by atoms with Crippen LogP contribution in [-0.4, -0.2) is 19.2 Å². The fourth-order valence-corrected chi connectivity index (χ4v) is 6.19. The molecule has 0 aromatic heterocycles. The maximum Gasteiger partial charge on any atom is 0.123 e. The Labute approximate surface area is 258 Å². The average molecular weight is 569 g/mol. The Balaban J connectivity index is 1.42. The molecule has 0 aliphatic heterocycles. The van der Waals surface area contributed by atoms with Crippen molar-refractivity contribution in [3.05, 3.63) is 160 Å². The quantitative estimate of drug-likeness (QED) is 0.147. The van der Waals surface area contributed by atoms with Crippen molar-refractivity contribution >= 4 is 11.4 Å². The van der Waals surface area contributed by atoms with Crippen LogP contribution in [0.5, 0.6) is 5.75 Å². The van der Waals surface area contributed by atoms with E-state index in [2.05, 4.69) is 154 Å². The molecule has 0 amide bonds. The number of methoxy groups -OCH3 is 1. The molecule has 43 heavy (non-hydrogen) atoms. The maximum absolute atomic E-state index is 5.89. The molecule has 5 aromatic rings. The van der Waals surface area contributed by atoms with Crippen molar-refractivity contribution in [3.8, 4) is 5.75 Å². The van der Waals surface area contributed by atoms with Crippen molar-refractivity contribution in [2.45, 2.75) is 58.5 Å². The first-order chi connectivity index (χ1) is 20.9. The molecule has 0 bridgehead atoms. The second kappa shape index (κ2) is 14.1. The first kappa shape index (κ1) is 30.0. The number of aryl methyl sites for hydroxylation is 2. The minimum atomic E-state index is 0.0442. The first-order valence-electron chi connectivity index (χ1n) is 15.4. The van der Waals surface area contributed by atoms with Gasteiger partial charge in [-0.3, -0.25) is 0 Å². The third-order valence-electron chi connectivity index (χ3n) is 8.21. The van der Waals surface area contributed by atoms with Gasteiger partial charge in [-0.05, 0) is 104 Å². The van der Waals surface area contributed by atoms with Crippen molar-refractivity contribution in [2.75, 3.05) is 17.7 Å². The molecule has 0 radical (unpaired) electrons. The van der Waals surface area contributed by atoms with E-state index in [0.29, 0.717) is 12.1 Å². The van der Waals surface area contributed by atoms with Crippen LogP contribution in [0.25, 0.3) is 0 Å². The fourth-order valence-electron chi connectivity index (χ4n) is 6.19. The number of ether oxygens (including phenoxy) is 1. The van der Waals surface area contributed by atoms with E-state index in [-0.39, 0.29) is 5.92 Å². The molecule has 0 fully saturated rings. The van der Waals surface area contributed by atoms with Crippen molar-refractivity contribution < 1.29 is 4.74 Å². The lowest BCUT2D eigenvalue weighted by atomic mass is 9.80. The largest absolute Gasteiger partial charge is 0.496 e. The van der Waals surface area contributed by atoms with Crippen LogP contribution in [0.2, 0.25) is 0 Å². The lowest BCUT2D eigenvalue weighted by molar-refractivity contribution is 0.409. The molecule has 2 unspecified atom stereocenters. The van der Waals surface area contributed by atoms with Gasteiger partial charge in [0.2, 0.25) is 0 Å². The fraction of sp³-hybridized carbons (Fsp3) is 0.250. The summed E-state index contributed by atoms with van der Waals surface area (Å²) in [6.45, 7) is 8.93. The van der Waals surface area contributed by atoms with Gasteiger partial charge in [0.15, 0.2) is 0 Å². The molecular formula is C40H44N2O. The molecule has 3 nitrogen and oxygen atoms in total. The summed E-state index contributed by atoms with van der Waals surface area (Å²) in [5, 5.41) is 7.44. The zero-order chi connectivity index (χ0) is 30.2. The second-order valence-electron chi connectivity index (χ2n) is 11.8. The van der Waals surface area contributed by atoms with Crippen LogP contribution < -0.4 is 15.4 Å². The monoisotopic (exact) mass is 568 g/mol. The summed E-state index contributed by atoms with van der Waals surface area (Å²) in [6.07, 6.45) is 1.96. The highest BCUT2D eigenvalue weighted by Gasteiger charge is 2.24. The number of hydrogen-bond donors (Lipinski definition) is 2. The third-order valence-corrected chi connectivity index (χ3v) is 8.21. The molecular weight excluding hydrogens is 524 g/mol. The normalized spacial score (nSPS) is 13.1. The Bertz CT molecular complexity index is 1510. The van der Waals surface area contributed by atoms with Gasteiger partial charge in [0.05, 0.1) is 7.11 Å². The van der Waals surface area contributed by atoms with Crippen molar-refractivity contribution in [2.24, 2.45) is 0 Å². The Morgan fingerprint density at radius 2 is 0.977 bits per heavy atom. The Morgan fingerprint density at radius 3 is 1.42 bits per heavy atom. The minimum Gasteiger partial charge on any atom is -0.496 e. The van der Waals surface area contributed by atoms with Crippen molar-refractivity contribution in [3.63, 3.8) is 0 Å². The molecule has 0 saturated carbocycles. The van der Waals surface area contributed by atoms with Gasteiger partial charge < -0.3 is 15.4 Å². The highest BCUT2D eigenvalue weighted by atomic mass is 16.5. The molecule has 0 saturated heterocycles. The smallest absolute Gasteiger partial charge is 0.123 e. The van der Waals surface area contributed by atoms with E-state index in [4.69, 9.17) is 4.74 Å². The van der Waals surface area contributed by atoms with Gasteiger partial charge in [-0.1, -0.05) is 91.0 Å². The number of benzene rings is 5. The van der Waals surface area contributed by atoms with Crippen molar-refractivity contribution in [1.82, 2.24) is 0 Å². The van der Waals surface area contributed by atoms with E-state index in [1.807, 2.05) is 6.07 Å². The second-order valence-corrected chi connectivity index (χ2v) is 11.8. The van der Waals surface area contributed by atoms with E-state index in [1.165, 1.54) is 38.9 Å². The summed E-state index contributed by atoms with van der Waals surface area (Å²) in [7, 11) is 1.76. The summed E-state index contributed by atoms with van der Waals surface area (Å²) in [4.78, 5) is 0. The molecule has 0 aliphatic rings. The van der Waals surface area contributed by atoms with Crippen molar-refractivity contribution in [1.29, 1.82) is 0 Å². The maximum atomic E-state index is 5.89. The zero-order valence-electron chi connectivity index (χ0n) is 26.1. The lowest BCUT2D eigenvalue weighted by Crippen LogP contribution is -2.18. The molecule has 2 atom stereocenters. The molecule has 2 N–H and O–H groups in total. The van der Waals surface area contributed by atoms with E-state index < -0.39 is 0 Å². The summed E-state index contributed by atoms with van der Waals surface area (Å²) in [6, 6.07) is 44.0. The Hall–Kier alpha value is -4.50. The predicted octanol–water partition coefficient (Wildman–Crippen LogP) is 9.58. The number of para-hydroxylation sites is 1.